The summed E-state index contributed by atoms with van der Waals surface area (Å²) in [5.74, 6) is 0. The molecular weight excluding hydrogens is 256 g/mol. The van der Waals surface area contributed by atoms with Gasteiger partial charge in [-0.05, 0) is 15.9 Å². The third-order valence-electron chi connectivity index (χ3n) is 1.63. The van der Waals surface area contributed by atoms with E-state index in [1.54, 1.807) is 6.07 Å². The summed E-state index contributed by atoms with van der Waals surface area (Å²) in [5.41, 5.74) is 5.47. The number of halogens is 3. The Bertz CT molecular complexity index is 387. The second kappa shape index (κ2) is 4.33. The molecule has 1 heterocycles. The Balaban J connectivity index is 3.31. The SMILES string of the molecule is N#CCc1c(C(F)F)ncc(N)c1Br. The molecule has 1 aromatic rings. The number of nitrogens with two attached hydrogens (primary N) is 1. The fourth-order valence-corrected chi connectivity index (χ4v) is 1.44. The number of anilines is 1. The monoisotopic (exact) mass is 261 g/mol. The molecule has 74 valence electrons. The van der Waals surface area contributed by atoms with E-state index >= 15 is 0 Å². The van der Waals surface area contributed by atoms with Gasteiger partial charge < -0.3 is 5.73 Å². The molecule has 6 heteroatoms. The van der Waals surface area contributed by atoms with Crippen LogP contribution in [0, 0.1) is 11.3 Å². The molecule has 0 bridgehead atoms. The Morgan fingerprint density at radius 3 is 2.79 bits per heavy atom. The van der Waals surface area contributed by atoms with Crippen molar-refractivity contribution in [1.29, 1.82) is 5.26 Å². The number of hydrogen-bond donors (Lipinski definition) is 1. The van der Waals surface area contributed by atoms with Crippen molar-refractivity contribution in [2.24, 2.45) is 0 Å². The van der Waals surface area contributed by atoms with Crippen LogP contribution in [-0.2, 0) is 6.42 Å². The van der Waals surface area contributed by atoms with Crippen LogP contribution in [0.1, 0.15) is 17.7 Å². The van der Waals surface area contributed by atoms with Crippen LogP contribution in [0.5, 0.6) is 0 Å². The fraction of sp³-hybridized carbons (Fsp3) is 0.250. The van der Waals surface area contributed by atoms with Crippen molar-refractivity contribution in [3.05, 3.63) is 21.9 Å². The summed E-state index contributed by atoms with van der Waals surface area (Å²) in [6.45, 7) is 0. The smallest absolute Gasteiger partial charge is 0.280 e. The van der Waals surface area contributed by atoms with Gasteiger partial charge in [0, 0.05) is 10.0 Å². The van der Waals surface area contributed by atoms with E-state index in [9.17, 15) is 8.78 Å². The van der Waals surface area contributed by atoms with Gasteiger partial charge in [0.2, 0.25) is 0 Å². The molecule has 0 unspecified atom stereocenters. The predicted octanol–water partition coefficient (Wildman–Crippen LogP) is 2.43. The van der Waals surface area contributed by atoms with Crippen LogP contribution in [0.2, 0.25) is 0 Å². The Labute approximate surface area is 87.7 Å². The second-order valence-electron chi connectivity index (χ2n) is 2.53. The zero-order chi connectivity index (χ0) is 10.7. The van der Waals surface area contributed by atoms with Crippen LogP contribution < -0.4 is 5.73 Å². The van der Waals surface area contributed by atoms with Crippen molar-refractivity contribution in [2.75, 3.05) is 5.73 Å². The van der Waals surface area contributed by atoms with E-state index in [4.69, 9.17) is 11.0 Å². The number of pyridine rings is 1. The molecule has 0 aliphatic rings. The van der Waals surface area contributed by atoms with Crippen molar-refractivity contribution in [2.45, 2.75) is 12.8 Å². The van der Waals surface area contributed by atoms with E-state index in [0.29, 0.717) is 4.47 Å². The van der Waals surface area contributed by atoms with Crippen molar-refractivity contribution < 1.29 is 8.78 Å². The van der Waals surface area contributed by atoms with Gasteiger partial charge in [-0.25, -0.2) is 8.78 Å². The lowest BCUT2D eigenvalue weighted by Gasteiger charge is -2.08. The van der Waals surface area contributed by atoms with Gasteiger partial charge in [-0.1, -0.05) is 0 Å². The Kier molecular flexibility index (Phi) is 3.36. The van der Waals surface area contributed by atoms with E-state index in [1.807, 2.05) is 0 Å². The van der Waals surface area contributed by atoms with Crippen molar-refractivity contribution in [1.82, 2.24) is 4.98 Å². The van der Waals surface area contributed by atoms with Gasteiger partial charge in [0.05, 0.1) is 24.4 Å². The molecule has 0 aliphatic heterocycles. The van der Waals surface area contributed by atoms with Crippen molar-refractivity contribution >= 4 is 21.6 Å². The molecule has 0 radical (unpaired) electrons. The van der Waals surface area contributed by atoms with Crippen LogP contribution in [0.3, 0.4) is 0 Å². The van der Waals surface area contributed by atoms with Crippen molar-refractivity contribution in [3.63, 3.8) is 0 Å². The van der Waals surface area contributed by atoms with E-state index in [-0.39, 0.29) is 17.7 Å². The van der Waals surface area contributed by atoms with E-state index in [2.05, 4.69) is 20.9 Å². The maximum absolute atomic E-state index is 12.4. The molecule has 0 spiro atoms. The number of hydrogen-bond acceptors (Lipinski definition) is 3. The van der Waals surface area contributed by atoms with Gasteiger partial charge in [-0.3, -0.25) is 4.98 Å². The Hall–Kier alpha value is -1.22. The normalized spacial score (nSPS) is 10.2. The molecule has 0 saturated carbocycles. The summed E-state index contributed by atoms with van der Waals surface area (Å²) in [6, 6.07) is 1.79. The third kappa shape index (κ3) is 1.99. The molecule has 3 nitrogen and oxygen atoms in total. The highest BCUT2D eigenvalue weighted by Gasteiger charge is 2.18. The predicted molar refractivity (Wildman–Crippen MR) is 50.6 cm³/mol. The summed E-state index contributed by atoms with van der Waals surface area (Å²) < 4.78 is 25.2. The quantitative estimate of drug-likeness (QED) is 0.890. The van der Waals surface area contributed by atoms with Gasteiger partial charge in [-0.15, -0.1) is 0 Å². The summed E-state index contributed by atoms with van der Waals surface area (Å²) in [6.07, 6.45) is -1.69. The van der Waals surface area contributed by atoms with Gasteiger partial charge in [0.15, 0.2) is 0 Å². The zero-order valence-electron chi connectivity index (χ0n) is 6.97. The topological polar surface area (TPSA) is 62.7 Å². The molecule has 0 atom stereocenters. The Morgan fingerprint density at radius 2 is 2.29 bits per heavy atom. The van der Waals surface area contributed by atoms with Crippen LogP contribution in [0.4, 0.5) is 14.5 Å². The lowest BCUT2D eigenvalue weighted by atomic mass is 10.1. The number of aromatic nitrogens is 1. The second-order valence-corrected chi connectivity index (χ2v) is 3.32. The molecule has 14 heavy (non-hydrogen) atoms. The molecular formula is C8H6BrF2N3. The summed E-state index contributed by atoms with van der Waals surface area (Å²) >= 11 is 3.05. The number of nitrogen functional groups attached to an aromatic ring is 1. The minimum atomic E-state index is -2.70. The van der Waals surface area contributed by atoms with Gasteiger partial charge in [0.25, 0.3) is 6.43 Å². The maximum Gasteiger partial charge on any atom is 0.280 e. The van der Waals surface area contributed by atoms with Gasteiger partial charge in [0.1, 0.15) is 5.69 Å². The highest BCUT2D eigenvalue weighted by atomic mass is 79.9. The number of nitrogens with zero attached hydrogens (tertiary/aromatic N) is 2. The Morgan fingerprint density at radius 1 is 1.64 bits per heavy atom. The lowest BCUT2D eigenvalue weighted by molar-refractivity contribution is 0.145. The highest BCUT2D eigenvalue weighted by molar-refractivity contribution is 9.10. The summed E-state index contributed by atoms with van der Waals surface area (Å²) in [5, 5.41) is 8.46. The maximum atomic E-state index is 12.4. The molecule has 0 fully saturated rings. The first-order chi connectivity index (χ1) is 6.57. The van der Waals surface area contributed by atoms with Crippen LogP contribution >= 0.6 is 15.9 Å². The molecule has 0 saturated heterocycles. The number of nitriles is 1. The molecule has 1 aromatic heterocycles. The van der Waals surface area contributed by atoms with Crippen LogP contribution in [-0.4, -0.2) is 4.98 Å². The van der Waals surface area contributed by atoms with Gasteiger partial charge in [-0.2, -0.15) is 5.26 Å². The third-order valence-corrected chi connectivity index (χ3v) is 2.57. The molecule has 0 amide bonds. The molecule has 2 N–H and O–H groups in total. The summed E-state index contributed by atoms with van der Waals surface area (Å²) in [7, 11) is 0. The average molecular weight is 262 g/mol. The first kappa shape index (κ1) is 10.9. The highest BCUT2D eigenvalue weighted by Crippen LogP contribution is 2.30. The average Bonchev–Trinajstić information content (AvgIpc) is 2.13. The standard InChI is InChI=1S/C8H6BrF2N3/c9-6-4(1-2-12)7(8(10)11)14-3-5(6)13/h3,8H,1,13H2. The first-order valence-electron chi connectivity index (χ1n) is 3.65. The minimum Gasteiger partial charge on any atom is -0.397 e. The lowest BCUT2D eigenvalue weighted by Crippen LogP contribution is -2.02. The van der Waals surface area contributed by atoms with Crippen LogP contribution in [0.15, 0.2) is 10.7 Å². The number of alkyl halides is 2. The van der Waals surface area contributed by atoms with E-state index in [1.165, 1.54) is 0 Å². The fourth-order valence-electron chi connectivity index (χ4n) is 0.996. The van der Waals surface area contributed by atoms with E-state index < -0.39 is 12.1 Å². The molecule has 0 aliphatic carbocycles. The summed E-state index contributed by atoms with van der Waals surface area (Å²) in [4.78, 5) is 3.50. The number of rotatable bonds is 2. The van der Waals surface area contributed by atoms with Gasteiger partial charge >= 0.3 is 0 Å². The first-order valence-corrected chi connectivity index (χ1v) is 4.45. The zero-order valence-corrected chi connectivity index (χ0v) is 8.55. The van der Waals surface area contributed by atoms with E-state index in [0.717, 1.165) is 6.20 Å². The molecule has 1 rings (SSSR count). The largest absolute Gasteiger partial charge is 0.397 e. The van der Waals surface area contributed by atoms with Crippen molar-refractivity contribution in [3.8, 4) is 6.07 Å². The minimum absolute atomic E-state index is 0.141. The molecule has 0 aromatic carbocycles. The van der Waals surface area contributed by atoms with Crippen LogP contribution in [0.25, 0.3) is 0 Å².